The molecule has 1 rings (SSSR count). The van der Waals surface area contributed by atoms with Crippen molar-refractivity contribution in [3.8, 4) is 0 Å². The van der Waals surface area contributed by atoms with Gasteiger partial charge in [-0.05, 0) is 32.9 Å². The number of nitrogens with zero attached hydrogens (tertiary/aromatic N) is 2. The van der Waals surface area contributed by atoms with Crippen molar-refractivity contribution in [2.24, 2.45) is 0 Å². The van der Waals surface area contributed by atoms with Gasteiger partial charge in [-0.15, -0.1) is 0 Å². The Morgan fingerprint density at radius 2 is 1.70 bits per heavy atom. The molecule has 1 aromatic heterocycles. The molecule has 0 aliphatic heterocycles. The average molecular weight is 279 g/mol. The molecule has 0 amide bonds. The molecule has 0 atom stereocenters. The van der Waals surface area contributed by atoms with Gasteiger partial charge in [0.1, 0.15) is 0 Å². The maximum atomic E-state index is 4.54. The standard InChI is InChI=1S/C17H33N3/c1-4-5-6-7-8-9-10-11-13-18-15-17-12-14-20(19-17)16(2)3/h12,14,16,18H,4-11,13,15H2,1-3H3. The van der Waals surface area contributed by atoms with Crippen molar-refractivity contribution in [3.05, 3.63) is 18.0 Å². The van der Waals surface area contributed by atoms with E-state index in [2.05, 4.69) is 43.4 Å². The van der Waals surface area contributed by atoms with Crippen molar-refractivity contribution in [1.29, 1.82) is 0 Å². The molecule has 0 fully saturated rings. The van der Waals surface area contributed by atoms with E-state index in [-0.39, 0.29) is 0 Å². The van der Waals surface area contributed by atoms with Crippen molar-refractivity contribution in [2.75, 3.05) is 6.54 Å². The second kappa shape index (κ2) is 10.9. The summed E-state index contributed by atoms with van der Waals surface area (Å²) >= 11 is 0. The topological polar surface area (TPSA) is 29.9 Å². The maximum Gasteiger partial charge on any atom is 0.0762 e. The van der Waals surface area contributed by atoms with E-state index in [9.17, 15) is 0 Å². The number of nitrogens with one attached hydrogen (secondary N) is 1. The second-order valence-electron chi connectivity index (χ2n) is 6.03. The van der Waals surface area contributed by atoms with E-state index in [1.165, 1.54) is 51.4 Å². The highest BCUT2D eigenvalue weighted by atomic mass is 15.3. The van der Waals surface area contributed by atoms with Crippen LogP contribution in [-0.4, -0.2) is 16.3 Å². The lowest BCUT2D eigenvalue weighted by molar-refractivity contribution is 0.517. The third kappa shape index (κ3) is 7.68. The van der Waals surface area contributed by atoms with Gasteiger partial charge in [-0.3, -0.25) is 4.68 Å². The number of aromatic nitrogens is 2. The van der Waals surface area contributed by atoms with Crippen LogP contribution in [0.15, 0.2) is 12.3 Å². The van der Waals surface area contributed by atoms with Crippen molar-refractivity contribution >= 4 is 0 Å². The van der Waals surface area contributed by atoms with Crippen LogP contribution in [0.1, 0.15) is 83.9 Å². The SMILES string of the molecule is CCCCCCCCCCNCc1ccn(C(C)C)n1. The Morgan fingerprint density at radius 3 is 2.30 bits per heavy atom. The highest BCUT2D eigenvalue weighted by molar-refractivity contribution is 4.98. The molecular formula is C17H33N3. The zero-order chi connectivity index (χ0) is 14.6. The van der Waals surface area contributed by atoms with Crippen molar-refractivity contribution in [1.82, 2.24) is 15.1 Å². The van der Waals surface area contributed by atoms with Gasteiger partial charge in [0, 0.05) is 18.8 Å². The summed E-state index contributed by atoms with van der Waals surface area (Å²) in [5.41, 5.74) is 1.15. The van der Waals surface area contributed by atoms with Gasteiger partial charge in [0.15, 0.2) is 0 Å². The van der Waals surface area contributed by atoms with E-state index < -0.39 is 0 Å². The van der Waals surface area contributed by atoms with Crippen LogP contribution in [0.5, 0.6) is 0 Å². The molecule has 0 aliphatic carbocycles. The van der Waals surface area contributed by atoms with Gasteiger partial charge < -0.3 is 5.32 Å². The Bertz CT molecular complexity index is 331. The van der Waals surface area contributed by atoms with Crippen LogP contribution < -0.4 is 5.32 Å². The third-order valence-electron chi connectivity index (χ3n) is 3.71. The summed E-state index contributed by atoms with van der Waals surface area (Å²) in [5.74, 6) is 0. The molecule has 0 aromatic carbocycles. The summed E-state index contributed by atoms with van der Waals surface area (Å²) in [6.07, 6.45) is 13.1. The van der Waals surface area contributed by atoms with E-state index in [1.807, 2.05) is 4.68 Å². The van der Waals surface area contributed by atoms with Gasteiger partial charge >= 0.3 is 0 Å². The normalized spacial score (nSPS) is 11.4. The summed E-state index contributed by atoms with van der Waals surface area (Å²) in [4.78, 5) is 0. The van der Waals surface area contributed by atoms with Gasteiger partial charge in [0.25, 0.3) is 0 Å². The number of unbranched alkanes of at least 4 members (excludes halogenated alkanes) is 7. The fraction of sp³-hybridized carbons (Fsp3) is 0.824. The molecule has 3 heteroatoms. The van der Waals surface area contributed by atoms with E-state index in [1.54, 1.807) is 0 Å². The quantitative estimate of drug-likeness (QED) is 0.562. The Morgan fingerprint density at radius 1 is 1.05 bits per heavy atom. The molecule has 0 saturated carbocycles. The highest BCUT2D eigenvalue weighted by Crippen LogP contribution is 2.08. The summed E-state index contributed by atoms with van der Waals surface area (Å²) in [5, 5.41) is 8.03. The van der Waals surface area contributed by atoms with Gasteiger partial charge in [0.2, 0.25) is 0 Å². The van der Waals surface area contributed by atoms with E-state index >= 15 is 0 Å². The van der Waals surface area contributed by atoms with Crippen molar-refractivity contribution < 1.29 is 0 Å². The fourth-order valence-corrected chi connectivity index (χ4v) is 2.36. The van der Waals surface area contributed by atoms with E-state index in [4.69, 9.17) is 0 Å². The number of hydrogen-bond donors (Lipinski definition) is 1. The molecular weight excluding hydrogens is 246 g/mol. The molecule has 1 N–H and O–H groups in total. The van der Waals surface area contributed by atoms with E-state index in [0.717, 1.165) is 18.8 Å². The number of hydrogen-bond acceptors (Lipinski definition) is 2. The lowest BCUT2D eigenvalue weighted by Gasteiger charge is -2.05. The molecule has 0 bridgehead atoms. The molecule has 3 nitrogen and oxygen atoms in total. The molecule has 116 valence electrons. The minimum absolute atomic E-state index is 0.455. The first-order valence-corrected chi connectivity index (χ1v) is 8.48. The average Bonchev–Trinajstić information content (AvgIpc) is 2.90. The molecule has 0 unspecified atom stereocenters. The fourth-order valence-electron chi connectivity index (χ4n) is 2.36. The molecule has 1 aromatic rings. The maximum absolute atomic E-state index is 4.54. The minimum atomic E-state index is 0.455. The molecule has 0 radical (unpaired) electrons. The predicted octanol–water partition coefficient (Wildman–Crippen LogP) is 4.69. The van der Waals surface area contributed by atoms with Crippen LogP contribution in [0.25, 0.3) is 0 Å². The molecule has 0 spiro atoms. The van der Waals surface area contributed by atoms with E-state index in [0.29, 0.717) is 6.04 Å². The zero-order valence-electron chi connectivity index (χ0n) is 13.7. The molecule has 20 heavy (non-hydrogen) atoms. The van der Waals surface area contributed by atoms with Gasteiger partial charge in [-0.2, -0.15) is 5.10 Å². The Hall–Kier alpha value is -0.830. The van der Waals surface area contributed by atoms with Crippen LogP contribution >= 0.6 is 0 Å². The van der Waals surface area contributed by atoms with Crippen molar-refractivity contribution in [3.63, 3.8) is 0 Å². The summed E-state index contributed by atoms with van der Waals surface area (Å²) < 4.78 is 2.02. The first kappa shape index (κ1) is 17.2. The first-order chi connectivity index (χ1) is 9.74. The lowest BCUT2D eigenvalue weighted by atomic mass is 10.1. The smallest absolute Gasteiger partial charge is 0.0762 e. The zero-order valence-corrected chi connectivity index (χ0v) is 13.7. The molecule has 0 aliphatic rings. The van der Waals surface area contributed by atoms with Crippen LogP contribution in [-0.2, 0) is 6.54 Å². The molecule has 0 saturated heterocycles. The summed E-state index contributed by atoms with van der Waals surface area (Å²) in [6.45, 7) is 8.60. The molecule has 1 heterocycles. The minimum Gasteiger partial charge on any atom is -0.311 e. The summed E-state index contributed by atoms with van der Waals surface area (Å²) in [7, 11) is 0. The highest BCUT2D eigenvalue weighted by Gasteiger charge is 2.01. The monoisotopic (exact) mass is 279 g/mol. The first-order valence-electron chi connectivity index (χ1n) is 8.48. The number of rotatable bonds is 12. The Kier molecular flexibility index (Phi) is 9.38. The van der Waals surface area contributed by atoms with Crippen LogP contribution in [0, 0.1) is 0 Å². The third-order valence-corrected chi connectivity index (χ3v) is 3.71. The second-order valence-corrected chi connectivity index (χ2v) is 6.03. The van der Waals surface area contributed by atoms with Gasteiger partial charge in [-0.25, -0.2) is 0 Å². The van der Waals surface area contributed by atoms with Crippen molar-refractivity contribution in [2.45, 2.75) is 84.7 Å². The van der Waals surface area contributed by atoms with Crippen LogP contribution in [0.2, 0.25) is 0 Å². The van der Waals surface area contributed by atoms with Crippen LogP contribution in [0.4, 0.5) is 0 Å². The van der Waals surface area contributed by atoms with Gasteiger partial charge in [-0.1, -0.05) is 51.9 Å². The lowest BCUT2D eigenvalue weighted by Crippen LogP contribution is -2.15. The van der Waals surface area contributed by atoms with Crippen LogP contribution in [0.3, 0.4) is 0 Å². The summed E-state index contributed by atoms with van der Waals surface area (Å²) in [6, 6.07) is 2.57. The van der Waals surface area contributed by atoms with Gasteiger partial charge in [0.05, 0.1) is 5.69 Å². The predicted molar refractivity (Wildman–Crippen MR) is 86.9 cm³/mol. The Labute approximate surface area is 125 Å². The Balaban J connectivity index is 1.91. The largest absolute Gasteiger partial charge is 0.311 e.